The minimum atomic E-state index is -0.0344. The highest BCUT2D eigenvalue weighted by molar-refractivity contribution is 6.06. The predicted octanol–water partition coefficient (Wildman–Crippen LogP) is 2.73. The molecule has 0 bridgehead atoms. The Bertz CT molecular complexity index is 812. The summed E-state index contributed by atoms with van der Waals surface area (Å²) in [5, 5.41) is 10.8. The second-order valence-corrected chi connectivity index (χ2v) is 6.25. The van der Waals surface area contributed by atoms with E-state index in [0.717, 1.165) is 17.0 Å². The van der Waals surface area contributed by atoms with Crippen molar-refractivity contribution in [3.63, 3.8) is 0 Å². The Morgan fingerprint density at radius 1 is 1.19 bits per heavy atom. The number of rotatable bonds is 4. The number of hydrazone groups is 1. The van der Waals surface area contributed by atoms with Gasteiger partial charge in [0.25, 0.3) is 0 Å². The van der Waals surface area contributed by atoms with Crippen LogP contribution < -0.4 is 16.1 Å². The summed E-state index contributed by atoms with van der Waals surface area (Å²) in [6, 6.07) is 18.1. The molecule has 134 valence electrons. The van der Waals surface area contributed by atoms with E-state index in [9.17, 15) is 4.79 Å². The molecule has 2 aromatic carbocycles. The summed E-state index contributed by atoms with van der Waals surface area (Å²) in [6.45, 7) is 2.71. The summed E-state index contributed by atoms with van der Waals surface area (Å²) < 4.78 is 0. The first kappa shape index (κ1) is 17.7. The SMILES string of the molecule is CN=C(NCc1ccccc1)Nc1ccc(C2=NNC(=O)CC2C)cc1. The molecule has 26 heavy (non-hydrogen) atoms. The smallest absolute Gasteiger partial charge is 0.240 e. The zero-order valence-corrected chi connectivity index (χ0v) is 15.0. The zero-order valence-electron chi connectivity index (χ0n) is 15.0. The molecule has 6 nitrogen and oxygen atoms in total. The van der Waals surface area contributed by atoms with Crippen LogP contribution in [0, 0.1) is 5.92 Å². The summed E-state index contributed by atoms with van der Waals surface area (Å²) in [6.07, 6.45) is 0.467. The van der Waals surface area contributed by atoms with Crippen LogP contribution in [0.5, 0.6) is 0 Å². The van der Waals surface area contributed by atoms with E-state index in [4.69, 9.17) is 0 Å². The molecule has 3 N–H and O–H groups in total. The lowest BCUT2D eigenvalue weighted by atomic mass is 9.94. The van der Waals surface area contributed by atoms with E-state index < -0.39 is 0 Å². The molecule has 0 aliphatic carbocycles. The van der Waals surface area contributed by atoms with Gasteiger partial charge in [-0.25, -0.2) is 5.43 Å². The average Bonchev–Trinajstić information content (AvgIpc) is 2.67. The number of hydrogen-bond donors (Lipinski definition) is 3. The van der Waals surface area contributed by atoms with Gasteiger partial charge in [-0.1, -0.05) is 49.4 Å². The second-order valence-electron chi connectivity index (χ2n) is 6.25. The third-order valence-electron chi connectivity index (χ3n) is 4.23. The van der Waals surface area contributed by atoms with Crippen LogP contribution in [0.15, 0.2) is 64.7 Å². The molecule has 0 fully saturated rings. The molecular weight excluding hydrogens is 326 g/mol. The van der Waals surface area contributed by atoms with Crippen molar-refractivity contribution < 1.29 is 4.79 Å². The highest BCUT2D eigenvalue weighted by Crippen LogP contribution is 2.18. The number of nitrogens with one attached hydrogen (secondary N) is 3. The normalized spacial score (nSPS) is 17.3. The minimum absolute atomic E-state index is 0.0344. The van der Waals surface area contributed by atoms with Crippen LogP contribution in [0.4, 0.5) is 5.69 Å². The van der Waals surface area contributed by atoms with E-state index in [1.165, 1.54) is 5.56 Å². The fourth-order valence-electron chi connectivity index (χ4n) is 2.82. The third kappa shape index (κ3) is 4.47. The van der Waals surface area contributed by atoms with Crippen molar-refractivity contribution in [1.29, 1.82) is 0 Å². The molecule has 0 saturated carbocycles. The van der Waals surface area contributed by atoms with Gasteiger partial charge in [-0.15, -0.1) is 0 Å². The van der Waals surface area contributed by atoms with Crippen LogP contribution in [0.2, 0.25) is 0 Å². The van der Waals surface area contributed by atoms with Crippen LogP contribution in [-0.2, 0) is 11.3 Å². The average molecular weight is 349 g/mol. The summed E-state index contributed by atoms with van der Waals surface area (Å²) in [4.78, 5) is 15.6. The number of nitrogens with zero attached hydrogens (tertiary/aromatic N) is 2. The van der Waals surface area contributed by atoms with Crippen LogP contribution in [0.3, 0.4) is 0 Å². The van der Waals surface area contributed by atoms with E-state index in [1.807, 2.05) is 49.4 Å². The predicted molar refractivity (Wildman–Crippen MR) is 105 cm³/mol. The van der Waals surface area contributed by atoms with Crippen LogP contribution >= 0.6 is 0 Å². The van der Waals surface area contributed by atoms with Gasteiger partial charge in [0.05, 0.1) is 5.71 Å². The number of aliphatic imine (C=N–C) groups is 1. The summed E-state index contributed by atoms with van der Waals surface area (Å²) >= 11 is 0. The van der Waals surface area contributed by atoms with Crippen LogP contribution in [-0.4, -0.2) is 24.6 Å². The largest absolute Gasteiger partial charge is 0.352 e. The van der Waals surface area contributed by atoms with Gasteiger partial charge >= 0.3 is 0 Å². The Morgan fingerprint density at radius 3 is 2.58 bits per heavy atom. The van der Waals surface area contributed by atoms with Gasteiger partial charge < -0.3 is 10.6 Å². The van der Waals surface area contributed by atoms with Gasteiger partial charge in [0.2, 0.25) is 5.91 Å². The summed E-state index contributed by atoms with van der Waals surface area (Å²) in [7, 11) is 1.75. The molecule has 1 aliphatic heterocycles. The third-order valence-corrected chi connectivity index (χ3v) is 4.23. The molecule has 0 spiro atoms. The van der Waals surface area contributed by atoms with Crippen molar-refractivity contribution in [2.24, 2.45) is 16.0 Å². The lowest BCUT2D eigenvalue weighted by Gasteiger charge is -2.19. The second kappa shape index (κ2) is 8.29. The van der Waals surface area contributed by atoms with Crippen molar-refractivity contribution in [3.05, 3.63) is 65.7 Å². The standard InChI is InChI=1S/C20H23N5O/c1-14-12-18(26)24-25-19(14)16-8-10-17(11-9-16)23-20(21-2)22-13-15-6-4-3-5-7-15/h3-11,14H,12-13H2,1-2H3,(H,24,26)(H2,21,22,23). The molecule has 0 saturated heterocycles. The first-order chi connectivity index (χ1) is 12.7. The van der Waals surface area contributed by atoms with E-state index in [1.54, 1.807) is 7.05 Å². The van der Waals surface area contributed by atoms with Crippen molar-refractivity contribution >= 4 is 23.3 Å². The zero-order chi connectivity index (χ0) is 18.4. The lowest BCUT2D eigenvalue weighted by Crippen LogP contribution is -2.32. The maximum atomic E-state index is 11.4. The molecule has 0 radical (unpaired) electrons. The lowest BCUT2D eigenvalue weighted by molar-refractivity contribution is -0.121. The van der Waals surface area contributed by atoms with E-state index in [2.05, 4.69) is 38.3 Å². The number of carbonyl (C=O) groups excluding carboxylic acids is 1. The van der Waals surface area contributed by atoms with E-state index >= 15 is 0 Å². The fraction of sp³-hybridized carbons (Fsp3) is 0.250. The molecule has 1 amide bonds. The molecule has 1 atom stereocenters. The minimum Gasteiger partial charge on any atom is -0.352 e. The first-order valence-electron chi connectivity index (χ1n) is 8.64. The number of guanidine groups is 1. The highest BCUT2D eigenvalue weighted by atomic mass is 16.2. The van der Waals surface area contributed by atoms with Crippen molar-refractivity contribution in [1.82, 2.24) is 10.7 Å². The quantitative estimate of drug-likeness (QED) is 0.587. The molecule has 0 aromatic heterocycles. The number of anilines is 1. The van der Waals surface area contributed by atoms with Crippen molar-refractivity contribution in [2.45, 2.75) is 19.9 Å². The topological polar surface area (TPSA) is 77.9 Å². The van der Waals surface area contributed by atoms with Gasteiger partial charge in [0.1, 0.15) is 0 Å². The van der Waals surface area contributed by atoms with Gasteiger partial charge in [-0.05, 0) is 23.3 Å². The van der Waals surface area contributed by atoms with Crippen LogP contribution in [0.1, 0.15) is 24.5 Å². The van der Waals surface area contributed by atoms with Crippen molar-refractivity contribution in [2.75, 3.05) is 12.4 Å². The van der Waals surface area contributed by atoms with Gasteiger partial charge in [0.15, 0.2) is 5.96 Å². The monoisotopic (exact) mass is 349 g/mol. The van der Waals surface area contributed by atoms with Gasteiger partial charge in [-0.3, -0.25) is 9.79 Å². The Morgan fingerprint density at radius 2 is 1.92 bits per heavy atom. The highest BCUT2D eigenvalue weighted by Gasteiger charge is 2.21. The first-order valence-corrected chi connectivity index (χ1v) is 8.64. The summed E-state index contributed by atoms with van der Waals surface area (Å²) in [5.74, 6) is 0.785. The maximum absolute atomic E-state index is 11.4. The molecule has 1 aliphatic rings. The van der Waals surface area contributed by atoms with Gasteiger partial charge in [-0.2, -0.15) is 5.10 Å². The number of amides is 1. The maximum Gasteiger partial charge on any atom is 0.240 e. The van der Waals surface area contributed by atoms with Gasteiger partial charge in [0, 0.05) is 31.6 Å². The molecule has 3 rings (SSSR count). The Labute approximate surface area is 153 Å². The Balaban J connectivity index is 1.62. The molecule has 1 heterocycles. The van der Waals surface area contributed by atoms with Crippen LogP contribution in [0.25, 0.3) is 0 Å². The number of benzene rings is 2. The molecular formula is C20H23N5O. The van der Waals surface area contributed by atoms with E-state index in [0.29, 0.717) is 18.9 Å². The summed E-state index contributed by atoms with van der Waals surface area (Å²) in [5.41, 5.74) is 6.59. The fourth-order valence-corrected chi connectivity index (χ4v) is 2.82. The molecule has 2 aromatic rings. The number of hydrogen-bond acceptors (Lipinski definition) is 3. The molecule has 6 heteroatoms. The van der Waals surface area contributed by atoms with E-state index in [-0.39, 0.29) is 11.8 Å². The molecule has 1 unspecified atom stereocenters. The van der Waals surface area contributed by atoms with Crippen molar-refractivity contribution in [3.8, 4) is 0 Å². The Kier molecular flexibility index (Phi) is 5.63. The Hall–Kier alpha value is -3.15. The number of carbonyl (C=O) groups is 1.